The molecule has 1 unspecified atom stereocenters. The highest BCUT2D eigenvalue weighted by atomic mass is 35.5. The van der Waals surface area contributed by atoms with Gasteiger partial charge in [0.1, 0.15) is 10.8 Å². The maximum Gasteiger partial charge on any atom is 0.341 e. The minimum Gasteiger partial charge on any atom is -0.480 e. The summed E-state index contributed by atoms with van der Waals surface area (Å²) in [5.74, 6) is -0.299. The van der Waals surface area contributed by atoms with E-state index in [0.717, 1.165) is 29.5 Å². The SMILES string of the molecule is O=C(O)COc1cc2c(c(Cl)c1Cl)C1=CC(=O)CCC1(CCCl)C2. The molecule has 0 aromatic heterocycles. The maximum absolute atomic E-state index is 11.9. The van der Waals surface area contributed by atoms with E-state index in [9.17, 15) is 9.59 Å². The van der Waals surface area contributed by atoms with Crippen molar-refractivity contribution in [2.45, 2.75) is 25.7 Å². The summed E-state index contributed by atoms with van der Waals surface area (Å²) in [6.07, 6.45) is 4.29. The third-order valence-corrected chi connectivity index (χ3v) is 5.74. The van der Waals surface area contributed by atoms with Crippen LogP contribution in [-0.4, -0.2) is 29.3 Å². The van der Waals surface area contributed by atoms with E-state index in [-0.39, 0.29) is 22.0 Å². The molecule has 24 heavy (non-hydrogen) atoms. The van der Waals surface area contributed by atoms with Crippen molar-refractivity contribution in [1.29, 1.82) is 0 Å². The topological polar surface area (TPSA) is 63.6 Å². The second-order valence-electron chi connectivity index (χ2n) is 6.14. The summed E-state index contributed by atoms with van der Waals surface area (Å²) in [7, 11) is 0. The molecule has 0 radical (unpaired) electrons. The number of carbonyl (C=O) groups is 2. The molecular weight excluding hydrogens is 375 g/mol. The van der Waals surface area contributed by atoms with Crippen LogP contribution < -0.4 is 4.74 Å². The van der Waals surface area contributed by atoms with Gasteiger partial charge in [0.05, 0.1) is 5.02 Å². The van der Waals surface area contributed by atoms with E-state index in [0.29, 0.717) is 23.7 Å². The smallest absolute Gasteiger partial charge is 0.341 e. The van der Waals surface area contributed by atoms with Gasteiger partial charge in [0.15, 0.2) is 12.4 Å². The molecule has 0 saturated heterocycles. The fraction of sp³-hybridized carbons (Fsp3) is 0.412. The van der Waals surface area contributed by atoms with E-state index in [4.69, 9.17) is 44.6 Å². The third-order valence-electron chi connectivity index (χ3n) is 4.70. The van der Waals surface area contributed by atoms with Gasteiger partial charge in [0.25, 0.3) is 0 Å². The molecule has 0 aliphatic heterocycles. The number of carboxylic acids is 1. The molecule has 1 aromatic rings. The molecule has 4 nitrogen and oxygen atoms in total. The summed E-state index contributed by atoms with van der Waals surface area (Å²) in [6, 6.07) is 1.73. The van der Waals surface area contributed by atoms with Crippen molar-refractivity contribution in [1.82, 2.24) is 0 Å². The van der Waals surface area contributed by atoms with Crippen LogP contribution in [-0.2, 0) is 16.0 Å². The molecule has 0 heterocycles. The van der Waals surface area contributed by atoms with E-state index < -0.39 is 12.6 Å². The van der Waals surface area contributed by atoms with Crippen molar-refractivity contribution >= 4 is 52.1 Å². The van der Waals surface area contributed by atoms with E-state index >= 15 is 0 Å². The van der Waals surface area contributed by atoms with E-state index in [2.05, 4.69) is 0 Å². The Morgan fingerprint density at radius 3 is 2.75 bits per heavy atom. The van der Waals surface area contributed by atoms with Crippen LogP contribution >= 0.6 is 34.8 Å². The van der Waals surface area contributed by atoms with Crippen LogP contribution in [0.15, 0.2) is 12.1 Å². The molecule has 0 bridgehead atoms. The number of fused-ring (bicyclic) bond motifs is 3. The van der Waals surface area contributed by atoms with Gasteiger partial charge >= 0.3 is 5.97 Å². The van der Waals surface area contributed by atoms with Crippen LogP contribution in [0.4, 0.5) is 0 Å². The zero-order valence-electron chi connectivity index (χ0n) is 12.7. The molecule has 1 aromatic carbocycles. The highest BCUT2D eigenvalue weighted by Gasteiger charge is 2.45. The molecule has 0 fully saturated rings. The van der Waals surface area contributed by atoms with Gasteiger partial charge in [-0.25, -0.2) is 4.79 Å². The van der Waals surface area contributed by atoms with Gasteiger partial charge in [-0.2, -0.15) is 0 Å². The van der Waals surface area contributed by atoms with Gasteiger partial charge in [0, 0.05) is 23.3 Å². The first-order valence-electron chi connectivity index (χ1n) is 7.55. The summed E-state index contributed by atoms with van der Waals surface area (Å²) in [5, 5.41) is 9.24. The lowest BCUT2D eigenvalue weighted by Crippen LogP contribution is -2.26. The highest BCUT2D eigenvalue weighted by Crippen LogP contribution is 2.57. The fourth-order valence-electron chi connectivity index (χ4n) is 3.63. The van der Waals surface area contributed by atoms with Crippen LogP contribution in [0, 0.1) is 5.41 Å². The number of carbonyl (C=O) groups excluding carboxylic acids is 1. The summed E-state index contributed by atoms with van der Waals surface area (Å²) >= 11 is 18.7. The predicted molar refractivity (Wildman–Crippen MR) is 93.3 cm³/mol. The molecular formula is C17H15Cl3O4. The molecule has 0 saturated carbocycles. The zero-order valence-corrected chi connectivity index (χ0v) is 15.0. The number of hydrogen-bond acceptors (Lipinski definition) is 3. The summed E-state index contributed by atoms with van der Waals surface area (Å²) in [6.45, 7) is -0.497. The minimum atomic E-state index is -1.09. The summed E-state index contributed by atoms with van der Waals surface area (Å²) < 4.78 is 5.24. The van der Waals surface area contributed by atoms with Gasteiger partial charge in [-0.1, -0.05) is 23.2 Å². The Balaban J connectivity index is 2.09. The number of rotatable bonds is 5. The normalized spacial score (nSPS) is 22.0. The zero-order chi connectivity index (χ0) is 17.5. The molecule has 128 valence electrons. The Morgan fingerprint density at radius 2 is 2.08 bits per heavy atom. The number of allylic oxidation sites excluding steroid dienone is 2. The van der Waals surface area contributed by atoms with E-state index in [1.165, 1.54) is 0 Å². The van der Waals surface area contributed by atoms with Crippen molar-refractivity contribution in [3.05, 3.63) is 33.3 Å². The number of alkyl halides is 1. The molecule has 0 spiro atoms. The molecule has 0 amide bonds. The van der Waals surface area contributed by atoms with Crippen molar-refractivity contribution < 1.29 is 19.4 Å². The molecule has 2 aliphatic carbocycles. The Kier molecular flexibility index (Phi) is 4.82. The first-order valence-corrected chi connectivity index (χ1v) is 8.84. The van der Waals surface area contributed by atoms with Gasteiger partial charge in [-0.15, -0.1) is 11.6 Å². The largest absolute Gasteiger partial charge is 0.480 e. The number of ether oxygens (including phenoxy) is 1. The molecule has 1 atom stereocenters. The van der Waals surface area contributed by atoms with Crippen LogP contribution in [0.1, 0.15) is 30.4 Å². The lowest BCUT2D eigenvalue weighted by Gasteiger charge is -2.33. The van der Waals surface area contributed by atoms with Crippen molar-refractivity contribution in [3.8, 4) is 5.75 Å². The quantitative estimate of drug-likeness (QED) is 0.759. The van der Waals surface area contributed by atoms with Crippen molar-refractivity contribution in [2.75, 3.05) is 12.5 Å². The van der Waals surface area contributed by atoms with Gasteiger partial charge in [-0.3, -0.25) is 4.79 Å². The second kappa shape index (κ2) is 6.58. The Morgan fingerprint density at radius 1 is 1.33 bits per heavy atom. The maximum atomic E-state index is 11.9. The number of hydrogen-bond donors (Lipinski definition) is 1. The van der Waals surface area contributed by atoms with Gasteiger partial charge in [0.2, 0.25) is 0 Å². The van der Waals surface area contributed by atoms with E-state index in [1.807, 2.05) is 0 Å². The molecule has 7 heteroatoms. The number of benzene rings is 1. The Bertz CT molecular complexity index is 757. The first kappa shape index (κ1) is 17.6. The Hall–Kier alpha value is -1.23. The highest BCUT2D eigenvalue weighted by molar-refractivity contribution is 6.44. The number of halogens is 3. The average molecular weight is 390 g/mol. The molecule has 3 rings (SSSR count). The minimum absolute atomic E-state index is 0.0708. The van der Waals surface area contributed by atoms with Gasteiger partial charge < -0.3 is 9.84 Å². The predicted octanol–water partition coefficient (Wildman–Crippen LogP) is 4.37. The van der Waals surface area contributed by atoms with Crippen molar-refractivity contribution in [3.63, 3.8) is 0 Å². The standard InChI is InChI=1S/C17H15Cl3O4/c18-4-3-17-2-1-10(21)6-11(17)14-9(7-17)5-12(15(19)16(14)20)24-8-13(22)23/h5-6H,1-4,7-8H2,(H,22,23). The first-order chi connectivity index (χ1) is 11.4. The van der Waals surface area contributed by atoms with Gasteiger partial charge in [-0.05, 0) is 42.5 Å². The lowest BCUT2D eigenvalue weighted by atomic mass is 9.71. The summed E-state index contributed by atoms with van der Waals surface area (Å²) in [5.41, 5.74) is 2.36. The monoisotopic (exact) mass is 388 g/mol. The van der Waals surface area contributed by atoms with Crippen LogP contribution in [0.25, 0.3) is 5.57 Å². The van der Waals surface area contributed by atoms with Crippen LogP contribution in [0.3, 0.4) is 0 Å². The third kappa shape index (κ3) is 2.92. The van der Waals surface area contributed by atoms with Crippen LogP contribution in [0.2, 0.25) is 10.0 Å². The Labute approximate surface area is 154 Å². The number of ketones is 1. The lowest BCUT2D eigenvalue weighted by molar-refractivity contribution is -0.139. The number of carboxylic acid groups (broad SMARTS) is 1. The summed E-state index contributed by atoms with van der Waals surface area (Å²) in [4.78, 5) is 22.6. The average Bonchev–Trinajstić information content (AvgIpc) is 2.83. The van der Waals surface area contributed by atoms with Crippen molar-refractivity contribution in [2.24, 2.45) is 5.41 Å². The van der Waals surface area contributed by atoms with E-state index in [1.54, 1.807) is 12.1 Å². The number of aliphatic carboxylic acids is 1. The second-order valence-corrected chi connectivity index (χ2v) is 7.27. The molecule has 2 aliphatic rings. The molecule has 1 N–H and O–H groups in total. The fourth-order valence-corrected chi connectivity index (χ4v) is 4.51. The van der Waals surface area contributed by atoms with Crippen LogP contribution in [0.5, 0.6) is 5.75 Å².